The summed E-state index contributed by atoms with van der Waals surface area (Å²) in [5.41, 5.74) is 1.94. The van der Waals surface area contributed by atoms with Gasteiger partial charge in [0.25, 0.3) is 0 Å². The van der Waals surface area contributed by atoms with Crippen LogP contribution in [0.3, 0.4) is 0 Å². The Balaban J connectivity index is 2.06. The van der Waals surface area contributed by atoms with E-state index in [1.54, 1.807) is 0 Å². The fourth-order valence-electron chi connectivity index (χ4n) is 2.58. The molecule has 23 heavy (non-hydrogen) atoms. The van der Waals surface area contributed by atoms with Gasteiger partial charge in [-0.05, 0) is 30.7 Å². The van der Waals surface area contributed by atoms with Crippen LogP contribution in [0, 0.1) is 0 Å². The fraction of sp³-hybridized carbons (Fsp3) is 0.350. The zero-order valence-corrected chi connectivity index (χ0v) is 15.2. The van der Waals surface area contributed by atoms with Crippen LogP contribution in [0.1, 0.15) is 54.6 Å². The number of benzene rings is 2. The molecule has 0 amide bonds. The third kappa shape index (κ3) is 5.92. The van der Waals surface area contributed by atoms with Gasteiger partial charge in [0.1, 0.15) is 0 Å². The maximum absolute atomic E-state index is 12.5. The molecule has 0 aromatic heterocycles. The van der Waals surface area contributed by atoms with E-state index in [2.05, 4.69) is 40.3 Å². The van der Waals surface area contributed by atoms with E-state index in [9.17, 15) is 4.79 Å². The van der Waals surface area contributed by atoms with Crippen LogP contribution in [0.2, 0.25) is 0 Å². The first kappa shape index (κ1) is 17.9. The number of unbranched alkanes of at least 4 members (excludes halogenated alkanes) is 2. The van der Waals surface area contributed by atoms with Crippen LogP contribution in [-0.4, -0.2) is 12.3 Å². The fourth-order valence-corrected chi connectivity index (χ4v) is 2.85. The standard InChI is InChI=1S/C20H24BrNO/c1-2-3-7-14-22-19(16-10-12-18(21)13-11-16)15-20(23)17-8-5-4-6-9-17/h4-6,8-13,19,22H,2-3,7,14-15H2,1H3. The molecule has 1 unspecified atom stereocenters. The molecule has 2 rings (SSSR count). The smallest absolute Gasteiger partial charge is 0.164 e. The van der Waals surface area contributed by atoms with Crippen molar-refractivity contribution in [3.05, 3.63) is 70.2 Å². The summed E-state index contributed by atoms with van der Waals surface area (Å²) in [6, 6.07) is 17.8. The third-order valence-corrected chi connectivity index (χ3v) is 4.46. The Morgan fingerprint density at radius 1 is 1.04 bits per heavy atom. The molecule has 122 valence electrons. The van der Waals surface area contributed by atoms with Gasteiger partial charge in [-0.2, -0.15) is 0 Å². The van der Waals surface area contributed by atoms with E-state index >= 15 is 0 Å². The lowest BCUT2D eigenvalue weighted by Gasteiger charge is -2.19. The lowest BCUT2D eigenvalue weighted by Crippen LogP contribution is -2.25. The predicted molar refractivity (Wildman–Crippen MR) is 99.8 cm³/mol. The molecule has 1 N–H and O–H groups in total. The summed E-state index contributed by atoms with van der Waals surface area (Å²) in [5, 5.41) is 3.55. The molecule has 0 spiro atoms. The van der Waals surface area contributed by atoms with Crippen molar-refractivity contribution >= 4 is 21.7 Å². The molecule has 0 aliphatic carbocycles. The Bertz CT molecular complexity index is 595. The third-order valence-electron chi connectivity index (χ3n) is 3.93. The number of hydrogen-bond donors (Lipinski definition) is 1. The minimum Gasteiger partial charge on any atom is -0.310 e. The van der Waals surface area contributed by atoms with E-state index in [1.807, 2.05) is 42.5 Å². The van der Waals surface area contributed by atoms with Crippen molar-refractivity contribution in [1.82, 2.24) is 5.32 Å². The minimum absolute atomic E-state index is 0.0627. The summed E-state index contributed by atoms with van der Waals surface area (Å²) in [5.74, 6) is 0.182. The van der Waals surface area contributed by atoms with E-state index in [-0.39, 0.29) is 11.8 Å². The van der Waals surface area contributed by atoms with E-state index in [4.69, 9.17) is 0 Å². The highest BCUT2D eigenvalue weighted by Crippen LogP contribution is 2.22. The highest BCUT2D eigenvalue weighted by Gasteiger charge is 2.16. The second kappa shape index (κ2) is 9.64. The van der Waals surface area contributed by atoms with Crippen molar-refractivity contribution in [2.75, 3.05) is 6.54 Å². The molecule has 0 fully saturated rings. The van der Waals surface area contributed by atoms with Crippen molar-refractivity contribution < 1.29 is 4.79 Å². The SMILES string of the molecule is CCCCCNC(CC(=O)c1ccccc1)c1ccc(Br)cc1. The number of Topliss-reactive ketones (excluding diaryl/α,β-unsaturated/α-hetero) is 1. The van der Waals surface area contributed by atoms with Crippen LogP contribution < -0.4 is 5.32 Å². The molecule has 2 aromatic rings. The summed E-state index contributed by atoms with van der Waals surface area (Å²) < 4.78 is 1.06. The predicted octanol–water partition coefficient (Wildman–Crippen LogP) is 5.54. The van der Waals surface area contributed by atoms with Gasteiger partial charge in [0.15, 0.2) is 5.78 Å². The minimum atomic E-state index is 0.0627. The number of rotatable bonds is 9. The first-order chi connectivity index (χ1) is 11.2. The van der Waals surface area contributed by atoms with Crippen LogP contribution in [0.5, 0.6) is 0 Å². The van der Waals surface area contributed by atoms with E-state index in [0.29, 0.717) is 6.42 Å². The van der Waals surface area contributed by atoms with Gasteiger partial charge in [-0.25, -0.2) is 0 Å². The van der Waals surface area contributed by atoms with Gasteiger partial charge < -0.3 is 5.32 Å². The lowest BCUT2D eigenvalue weighted by atomic mass is 9.97. The lowest BCUT2D eigenvalue weighted by molar-refractivity contribution is 0.0968. The number of carbonyl (C=O) groups excluding carboxylic acids is 1. The monoisotopic (exact) mass is 373 g/mol. The summed E-state index contributed by atoms with van der Waals surface area (Å²) in [7, 11) is 0. The highest BCUT2D eigenvalue weighted by atomic mass is 79.9. The van der Waals surface area contributed by atoms with Crippen molar-refractivity contribution in [3.63, 3.8) is 0 Å². The number of nitrogens with one attached hydrogen (secondary N) is 1. The molecule has 0 radical (unpaired) electrons. The van der Waals surface area contributed by atoms with Crippen LogP contribution >= 0.6 is 15.9 Å². The van der Waals surface area contributed by atoms with Crippen LogP contribution in [0.25, 0.3) is 0 Å². The molecule has 0 saturated heterocycles. The Morgan fingerprint density at radius 2 is 1.74 bits per heavy atom. The molecule has 2 aromatic carbocycles. The van der Waals surface area contributed by atoms with Crippen LogP contribution in [-0.2, 0) is 0 Å². The summed E-state index contributed by atoms with van der Waals surface area (Å²) in [4.78, 5) is 12.5. The van der Waals surface area contributed by atoms with Crippen molar-refractivity contribution in [3.8, 4) is 0 Å². The number of ketones is 1. The molecule has 3 heteroatoms. The highest BCUT2D eigenvalue weighted by molar-refractivity contribution is 9.10. The first-order valence-electron chi connectivity index (χ1n) is 8.27. The van der Waals surface area contributed by atoms with E-state index in [1.165, 1.54) is 12.8 Å². The van der Waals surface area contributed by atoms with Gasteiger partial charge in [-0.15, -0.1) is 0 Å². The number of halogens is 1. The number of hydrogen-bond acceptors (Lipinski definition) is 2. The summed E-state index contributed by atoms with van der Waals surface area (Å²) in [6.45, 7) is 3.14. The second-order valence-corrected chi connectivity index (χ2v) is 6.67. The van der Waals surface area contributed by atoms with Gasteiger partial charge in [-0.1, -0.05) is 78.2 Å². The Morgan fingerprint density at radius 3 is 2.39 bits per heavy atom. The Kier molecular flexibility index (Phi) is 7.50. The van der Waals surface area contributed by atoms with Crippen molar-refractivity contribution in [2.45, 2.75) is 38.6 Å². The summed E-state index contributed by atoms with van der Waals surface area (Å²) in [6.07, 6.45) is 4.04. The van der Waals surface area contributed by atoms with Gasteiger partial charge in [0.2, 0.25) is 0 Å². The Hall–Kier alpha value is -1.45. The zero-order valence-electron chi connectivity index (χ0n) is 13.6. The van der Waals surface area contributed by atoms with Crippen LogP contribution in [0.15, 0.2) is 59.1 Å². The topological polar surface area (TPSA) is 29.1 Å². The average molecular weight is 374 g/mol. The quantitative estimate of drug-likeness (QED) is 0.461. The molecule has 0 bridgehead atoms. The molecule has 0 saturated carbocycles. The molecule has 0 aliphatic heterocycles. The zero-order chi connectivity index (χ0) is 16.5. The van der Waals surface area contributed by atoms with Gasteiger partial charge in [-0.3, -0.25) is 4.79 Å². The van der Waals surface area contributed by atoms with Gasteiger partial charge in [0, 0.05) is 22.5 Å². The van der Waals surface area contributed by atoms with Crippen LogP contribution in [0.4, 0.5) is 0 Å². The maximum Gasteiger partial charge on any atom is 0.164 e. The largest absolute Gasteiger partial charge is 0.310 e. The molecule has 0 aliphatic rings. The van der Waals surface area contributed by atoms with Crippen molar-refractivity contribution in [2.24, 2.45) is 0 Å². The molecule has 0 heterocycles. The second-order valence-electron chi connectivity index (χ2n) is 5.76. The van der Waals surface area contributed by atoms with Crippen molar-refractivity contribution in [1.29, 1.82) is 0 Å². The average Bonchev–Trinajstić information content (AvgIpc) is 2.59. The molecular weight excluding hydrogens is 350 g/mol. The van der Waals surface area contributed by atoms with E-state index in [0.717, 1.165) is 28.6 Å². The molecule has 1 atom stereocenters. The first-order valence-corrected chi connectivity index (χ1v) is 9.07. The van der Waals surface area contributed by atoms with Gasteiger partial charge >= 0.3 is 0 Å². The normalized spacial score (nSPS) is 12.1. The van der Waals surface area contributed by atoms with E-state index < -0.39 is 0 Å². The maximum atomic E-state index is 12.5. The molecular formula is C20H24BrNO. The summed E-state index contributed by atoms with van der Waals surface area (Å²) >= 11 is 3.47. The number of carbonyl (C=O) groups is 1. The Labute approximate surface area is 147 Å². The van der Waals surface area contributed by atoms with Gasteiger partial charge in [0.05, 0.1) is 0 Å². The molecule has 2 nitrogen and oxygen atoms in total.